The Morgan fingerprint density at radius 2 is 2.07 bits per heavy atom. The summed E-state index contributed by atoms with van der Waals surface area (Å²) in [5, 5.41) is 0. The van der Waals surface area contributed by atoms with Gasteiger partial charge < -0.3 is 4.74 Å². The predicted molar refractivity (Wildman–Crippen MR) is 48.5 cm³/mol. The van der Waals surface area contributed by atoms with Crippen LogP contribution in [0.25, 0.3) is 0 Å². The largest absolute Gasteiger partial charge is 0.437 e. The Labute approximate surface area is 80.2 Å². The van der Waals surface area contributed by atoms with Gasteiger partial charge in [0.05, 0.1) is 12.4 Å². The van der Waals surface area contributed by atoms with Gasteiger partial charge in [0, 0.05) is 12.3 Å². The van der Waals surface area contributed by atoms with Crippen molar-refractivity contribution in [2.45, 2.75) is 0 Å². The second-order valence-corrected chi connectivity index (χ2v) is 2.61. The minimum absolute atomic E-state index is 0.347. The van der Waals surface area contributed by atoms with Gasteiger partial charge >= 0.3 is 0 Å². The van der Waals surface area contributed by atoms with Gasteiger partial charge in [-0.05, 0) is 18.2 Å². The van der Waals surface area contributed by atoms with Crippen LogP contribution in [0.2, 0.25) is 0 Å². The maximum atomic E-state index is 12.5. The molecule has 4 heteroatoms. The number of nitrogens with zero attached hydrogens (tertiary/aromatic N) is 2. The summed E-state index contributed by atoms with van der Waals surface area (Å²) in [4.78, 5) is 7.62. The number of ether oxygens (including phenoxy) is 1. The zero-order valence-electron chi connectivity index (χ0n) is 7.22. The molecule has 0 radical (unpaired) electrons. The average Bonchev–Trinajstić information content (AvgIpc) is 2.23. The first-order valence-corrected chi connectivity index (χ1v) is 4.04. The molecule has 0 amide bonds. The molecule has 3 nitrogen and oxygen atoms in total. The lowest BCUT2D eigenvalue weighted by atomic mass is 10.4. The van der Waals surface area contributed by atoms with Gasteiger partial charge in [0.15, 0.2) is 0 Å². The molecule has 0 aliphatic carbocycles. The summed E-state index contributed by atoms with van der Waals surface area (Å²) in [5.41, 5.74) is 0. The molecule has 0 spiro atoms. The molecule has 0 bridgehead atoms. The van der Waals surface area contributed by atoms with E-state index in [1.165, 1.54) is 12.1 Å². The lowest BCUT2D eigenvalue weighted by molar-refractivity contribution is 0.457. The molecule has 0 aromatic carbocycles. The van der Waals surface area contributed by atoms with Crippen LogP contribution in [0.1, 0.15) is 0 Å². The third-order valence-corrected chi connectivity index (χ3v) is 1.56. The van der Waals surface area contributed by atoms with Crippen LogP contribution in [0.3, 0.4) is 0 Å². The highest BCUT2D eigenvalue weighted by Gasteiger charge is 1.97. The highest BCUT2D eigenvalue weighted by molar-refractivity contribution is 5.22. The molecule has 0 saturated carbocycles. The van der Waals surface area contributed by atoms with Gasteiger partial charge in [-0.25, -0.2) is 9.37 Å². The van der Waals surface area contributed by atoms with Crippen LogP contribution >= 0.6 is 0 Å². The number of rotatable bonds is 2. The highest BCUT2D eigenvalue weighted by Crippen LogP contribution is 2.16. The number of aromatic nitrogens is 2. The second kappa shape index (κ2) is 3.83. The Hall–Kier alpha value is -1.97. The van der Waals surface area contributed by atoms with Crippen molar-refractivity contribution in [1.82, 2.24) is 9.97 Å². The van der Waals surface area contributed by atoms with Gasteiger partial charge in [-0.2, -0.15) is 0 Å². The molecule has 70 valence electrons. The molecule has 2 heterocycles. The van der Waals surface area contributed by atoms with Crippen LogP contribution in [0.5, 0.6) is 11.6 Å². The number of halogens is 1. The van der Waals surface area contributed by atoms with Crippen molar-refractivity contribution in [2.24, 2.45) is 0 Å². The Bertz CT molecular complexity index is 402. The third kappa shape index (κ3) is 2.04. The standard InChI is InChI=1S/C10H7FN2O/c11-8-3-4-10(13-6-8)14-9-2-1-5-12-7-9/h1-7H. The van der Waals surface area contributed by atoms with Gasteiger partial charge in [-0.1, -0.05) is 0 Å². The van der Waals surface area contributed by atoms with Crippen LogP contribution in [0.4, 0.5) is 4.39 Å². The van der Waals surface area contributed by atoms with Crippen molar-refractivity contribution < 1.29 is 9.13 Å². The van der Waals surface area contributed by atoms with E-state index in [0.717, 1.165) is 6.20 Å². The summed E-state index contributed by atoms with van der Waals surface area (Å²) in [5.74, 6) is 0.537. The molecule has 0 N–H and O–H groups in total. The zero-order chi connectivity index (χ0) is 9.80. The summed E-state index contributed by atoms with van der Waals surface area (Å²) in [6.45, 7) is 0. The molecule has 0 fully saturated rings. The summed E-state index contributed by atoms with van der Waals surface area (Å²) in [6, 6.07) is 6.25. The summed E-state index contributed by atoms with van der Waals surface area (Å²) in [6.07, 6.45) is 4.31. The van der Waals surface area contributed by atoms with E-state index < -0.39 is 0 Å². The minimum atomic E-state index is -0.386. The van der Waals surface area contributed by atoms with Crippen molar-refractivity contribution in [3.05, 3.63) is 48.7 Å². The molecule has 0 aliphatic heterocycles. The van der Waals surface area contributed by atoms with Gasteiger partial charge in [-0.15, -0.1) is 0 Å². The van der Waals surface area contributed by atoms with Gasteiger partial charge in [0.25, 0.3) is 0 Å². The molecule has 0 saturated heterocycles. The van der Waals surface area contributed by atoms with Crippen molar-refractivity contribution in [3.63, 3.8) is 0 Å². The lowest BCUT2D eigenvalue weighted by Gasteiger charge is -2.02. The van der Waals surface area contributed by atoms with Crippen LogP contribution in [0.15, 0.2) is 42.9 Å². The Morgan fingerprint density at radius 1 is 1.14 bits per heavy atom. The summed E-state index contributed by atoms with van der Waals surface area (Å²) in [7, 11) is 0. The summed E-state index contributed by atoms with van der Waals surface area (Å²) < 4.78 is 17.8. The van der Waals surface area contributed by atoms with Crippen LogP contribution in [-0.4, -0.2) is 9.97 Å². The van der Waals surface area contributed by atoms with Crippen LogP contribution in [0, 0.1) is 5.82 Å². The molecule has 2 aromatic rings. The highest BCUT2D eigenvalue weighted by atomic mass is 19.1. The zero-order valence-corrected chi connectivity index (χ0v) is 7.22. The fraction of sp³-hybridized carbons (Fsp3) is 0. The molecule has 2 rings (SSSR count). The number of hydrogen-bond donors (Lipinski definition) is 0. The fourth-order valence-electron chi connectivity index (χ4n) is 0.951. The molecule has 2 aromatic heterocycles. The number of pyridine rings is 2. The van der Waals surface area contributed by atoms with E-state index in [0.29, 0.717) is 11.6 Å². The van der Waals surface area contributed by atoms with Crippen LogP contribution < -0.4 is 4.74 Å². The number of hydrogen-bond acceptors (Lipinski definition) is 3. The van der Waals surface area contributed by atoms with Crippen molar-refractivity contribution in [2.75, 3.05) is 0 Å². The van der Waals surface area contributed by atoms with Crippen molar-refractivity contribution in [3.8, 4) is 11.6 Å². The van der Waals surface area contributed by atoms with E-state index in [1.54, 1.807) is 24.5 Å². The third-order valence-electron chi connectivity index (χ3n) is 1.56. The quantitative estimate of drug-likeness (QED) is 0.729. The SMILES string of the molecule is Fc1ccc(Oc2cccnc2)nc1. The predicted octanol–water partition coefficient (Wildman–Crippen LogP) is 2.41. The smallest absolute Gasteiger partial charge is 0.219 e. The minimum Gasteiger partial charge on any atom is -0.437 e. The first-order chi connectivity index (χ1) is 6.84. The molecule has 0 unspecified atom stereocenters. The Balaban J connectivity index is 2.16. The maximum Gasteiger partial charge on any atom is 0.219 e. The van der Waals surface area contributed by atoms with E-state index in [1.807, 2.05) is 0 Å². The molecule has 0 aliphatic rings. The van der Waals surface area contributed by atoms with Gasteiger partial charge in [0.1, 0.15) is 11.6 Å². The lowest BCUT2D eigenvalue weighted by Crippen LogP contribution is -1.88. The molecular weight excluding hydrogens is 183 g/mol. The van der Waals surface area contributed by atoms with Crippen molar-refractivity contribution >= 4 is 0 Å². The van der Waals surface area contributed by atoms with E-state index >= 15 is 0 Å². The van der Waals surface area contributed by atoms with E-state index in [4.69, 9.17) is 4.74 Å². The normalized spacial score (nSPS) is 9.79. The first kappa shape index (κ1) is 8.62. The molecular formula is C10H7FN2O. The van der Waals surface area contributed by atoms with E-state index in [9.17, 15) is 4.39 Å². The Morgan fingerprint density at radius 3 is 2.71 bits per heavy atom. The van der Waals surface area contributed by atoms with Gasteiger partial charge in [0.2, 0.25) is 5.88 Å². The van der Waals surface area contributed by atoms with Crippen molar-refractivity contribution in [1.29, 1.82) is 0 Å². The second-order valence-electron chi connectivity index (χ2n) is 2.61. The fourth-order valence-corrected chi connectivity index (χ4v) is 0.951. The van der Waals surface area contributed by atoms with E-state index in [-0.39, 0.29) is 5.82 Å². The maximum absolute atomic E-state index is 12.5. The molecule has 0 atom stereocenters. The van der Waals surface area contributed by atoms with Gasteiger partial charge in [-0.3, -0.25) is 4.98 Å². The first-order valence-electron chi connectivity index (χ1n) is 4.04. The monoisotopic (exact) mass is 190 g/mol. The topological polar surface area (TPSA) is 35.0 Å². The van der Waals surface area contributed by atoms with Crippen LogP contribution in [-0.2, 0) is 0 Å². The molecule has 14 heavy (non-hydrogen) atoms. The van der Waals surface area contributed by atoms with E-state index in [2.05, 4.69) is 9.97 Å². The average molecular weight is 190 g/mol. The summed E-state index contributed by atoms with van der Waals surface area (Å²) >= 11 is 0. The Kier molecular flexibility index (Phi) is 2.36.